The highest BCUT2D eigenvalue weighted by atomic mass is 79.9. The first kappa shape index (κ1) is 15.3. The van der Waals surface area contributed by atoms with Gasteiger partial charge in [0, 0.05) is 29.7 Å². The van der Waals surface area contributed by atoms with Crippen molar-refractivity contribution in [1.29, 1.82) is 0 Å². The Hall–Kier alpha value is -1.65. The molecule has 0 saturated carbocycles. The number of benzene rings is 2. The zero-order valence-electron chi connectivity index (χ0n) is 12.6. The average molecular weight is 359 g/mol. The molecule has 0 aromatic heterocycles. The van der Waals surface area contributed by atoms with Gasteiger partial charge in [0.1, 0.15) is 0 Å². The maximum atomic E-state index is 12.7. The number of nitrogens with zero attached hydrogens (tertiary/aromatic N) is 2. The van der Waals surface area contributed by atoms with Crippen molar-refractivity contribution >= 4 is 21.8 Å². The lowest BCUT2D eigenvalue weighted by molar-refractivity contribution is 0.0546. The Labute approximate surface area is 139 Å². The third kappa shape index (κ3) is 3.23. The lowest BCUT2D eigenvalue weighted by Crippen LogP contribution is -2.49. The number of piperazine rings is 1. The first-order valence-electron chi connectivity index (χ1n) is 7.45. The molecule has 0 N–H and O–H groups in total. The molecule has 1 unspecified atom stereocenters. The topological polar surface area (TPSA) is 23.6 Å². The quantitative estimate of drug-likeness (QED) is 0.818. The van der Waals surface area contributed by atoms with Crippen LogP contribution in [0.15, 0.2) is 59.1 Å². The van der Waals surface area contributed by atoms with E-state index in [1.165, 1.54) is 5.56 Å². The highest BCUT2D eigenvalue weighted by molar-refractivity contribution is 9.10. The Kier molecular flexibility index (Phi) is 4.60. The van der Waals surface area contributed by atoms with Crippen LogP contribution in [0, 0.1) is 0 Å². The van der Waals surface area contributed by atoms with Gasteiger partial charge in [0.25, 0.3) is 5.91 Å². The highest BCUT2D eigenvalue weighted by Crippen LogP contribution is 2.25. The van der Waals surface area contributed by atoms with Crippen LogP contribution in [0.25, 0.3) is 0 Å². The molecule has 0 spiro atoms. The molecule has 1 saturated heterocycles. The molecule has 2 aromatic carbocycles. The van der Waals surface area contributed by atoms with E-state index in [0.29, 0.717) is 0 Å². The molecule has 22 heavy (non-hydrogen) atoms. The molecule has 114 valence electrons. The summed E-state index contributed by atoms with van der Waals surface area (Å²) in [7, 11) is 2.12. The molecular formula is C18H19BrN2O. The Morgan fingerprint density at radius 2 is 1.73 bits per heavy atom. The molecule has 1 heterocycles. The first-order valence-corrected chi connectivity index (χ1v) is 8.24. The van der Waals surface area contributed by atoms with Gasteiger partial charge in [0.05, 0.1) is 6.04 Å². The van der Waals surface area contributed by atoms with Crippen LogP contribution in [0.2, 0.25) is 0 Å². The third-order valence-corrected chi connectivity index (χ3v) is 4.74. The molecule has 3 nitrogen and oxygen atoms in total. The van der Waals surface area contributed by atoms with E-state index in [2.05, 4.69) is 52.1 Å². The minimum Gasteiger partial charge on any atom is -0.335 e. The number of carbonyl (C=O) groups is 1. The number of halogens is 1. The lowest BCUT2D eigenvalue weighted by atomic mass is 10.0. The van der Waals surface area contributed by atoms with Crippen molar-refractivity contribution in [3.8, 4) is 0 Å². The van der Waals surface area contributed by atoms with Gasteiger partial charge in [-0.05, 0) is 36.9 Å². The van der Waals surface area contributed by atoms with Crippen molar-refractivity contribution in [3.63, 3.8) is 0 Å². The van der Waals surface area contributed by atoms with E-state index in [0.717, 1.165) is 29.7 Å². The minimum atomic E-state index is 0.113. The van der Waals surface area contributed by atoms with Gasteiger partial charge >= 0.3 is 0 Å². The monoisotopic (exact) mass is 358 g/mol. The zero-order chi connectivity index (χ0) is 15.5. The van der Waals surface area contributed by atoms with Gasteiger partial charge in [-0.3, -0.25) is 9.69 Å². The second-order valence-corrected chi connectivity index (χ2v) is 6.58. The summed E-state index contributed by atoms with van der Waals surface area (Å²) in [6.45, 7) is 2.39. The molecule has 0 aliphatic carbocycles. The Bertz CT molecular complexity index is 642. The molecule has 2 aromatic rings. The Morgan fingerprint density at radius 1 is 1.05 bits per heavy atom. The fraction of sp³-hybridized carbons (Fsp3) is 0.278. The highest BCUT2D eigenvalue weighted by Gasteiger charge is 2.28. The van der Waals surface area contributed by atoms with E-state index in [9.17, 15) is 4.79 Å². The van der Waals surface area contributed by atoms with Gasteiger partial charge < -0.3 is 4.90 Å². The number of carbonyl (C=O) groups excluding carboxylic acids is 1. The normalized spacial score (nSPS) is 19.2. The largest absolute Gasteiger partial charge is 0.335 e. The smallest absolute Gasteiger partial charge is 0.253 e. The van der Waals surface area contributed by atoms with E-state index >= 15 is 0 Å². The predicted octanol–water partition coefficient (Wildman–Crippen LogP) is 3.58. The molecule has 4 heteroatoms. The molecule has 1 aliphatic rings. The van der Waals surface area contributed by atoms with Crippen molar-refractivity contribution in [1.82, 2.24) is 9.80 Å². The van der Waals surface area contributed by atoms with Gasteiger partial charge in [0.15, 0.2) is 0 Å². The number of hydrogen-bond donors (Lipinski definition) is 0. The number of hydrogen-bond acceptors (Lipinski definition) is 2. The molecule has 1 aliphatic heterocycles. The van der Waals surface area contributed by atoms with Crippen molar-refractivity contribution in [2.24, 2.45) is 0 Å². The summed E-state index contributed by atoms with van der Waals surface area (Å²) in [5.41, 5.74) is 2.01. The maximum Gasteiger partial charge on any atom is 0.253 e. The molecule has 0 radical (unpaired) electrons. The van der Waals surface area contributed by atoms with Crippen LogP contribution in [-0.4, -0.2) is 42.4 Å². The minimum absolute atomic E-state index is 0.113. The third-order valence-electron chi connectivity index (χ3n) is 4.21. The standard InChI is InChI=1S/C18H19BrN2O/c1-20-11-12-21(13-17(20)14-5-3-2-4-6-14)18(22)15-7-9-16(19)10-8-15/h2-10,17H,11-13H2,1H3. The van der Waals surface area contributed by atoms with Crippen LogP contribution < -0.4 is 0 Å². The molecule has 1 fully saturated rings. The average Bonchev–Trinajstić information content (AvgIpc) is 2.56. The van der Waals surface area contributed by atoms with Crippen LogP contribution in [0.5, 0.6) is 0 Å². The summed E-state index contributed by atoms with van der Waals surface area (Å²) in [6, 6.07) is 18.2. The van der Waals surface area contributed by atoms with E-state index in [1.807, 2.05) is 35.2 Å². The molecule has 1 amide bonds. The van der Waals surface area contributed by atoms with E-state index < -0.39 is 0 Å². The van der Waals surface area contributed by atoms with Crippen LogP contribution in [0.3, 0.4) is 0 Å². The second-order valence-electron chi connectivity index (χ2n) is 5.67. The molecule has 1 atom stereocenters. The van der Waals surface area contributed by atoms with Crippen LogP contribution in [0.1, 0.15) is 22.0 Å². The summed E-state index contributed by atoms with van der Waals surface area (Å²) in [5, 5.41) is 0. The summed E-state index contributed by atoms with van der Waals surface area (Å²) in [4.78, 5) is 17.0. The summed E-state index contributed by atoms with van der Waals surface area (Å²) in [6.07, 6.45) is 0. The fourth-order valence-electron chi connectivity index (χ4n) is 2.87. The van der Waals surface area contributed by atoms with Gasteiger partial charge in [-0.15, -0.1) is 0 Å². The van der Waals surface area contributed by atoms with Gasteiger partial charge in [-0.25, -0.2) is 0 Å². The maximum absolute atomic E-state index is 12.7. The number of amides is 1. The van der Waals surface area contributed by atoms with E-state index in [4.69, 9.17) is 0 Å². The number of likely N-dealkylation sites (N-methyl/N-ethyl adjacent to an activating group) is 1. The van der Waals surface area contributed by atoms with Gasteiger partial charge in [-0.2, -0.15) is 0 Å². The van der Waals surface area contributed by atoms with Gasteiger partial charge in [0.2, 0.25) is 0 Å². The van der Waals surface area contributed by atoms with Gasteiger partial charge in [-0.1, -0.05) is 46.3 Å². The van der Waals surface area contributed by atoms with Crippen molar-refractivity contribution in [2.45, 2.75) is 6.04 Å². The Balaban J connectivity index is 1.78. The zero-order valence-corrected chi connectivity index (χ0v) is 14.2. The van der Waals surface area contributed by atoms with E-state index in [-0.39, 0.29) is 11.9 Å². The fourth-order valence-corrected chi connectivity index (χ4v) is 3.13. The van der Waals surface area contributed by atoms with Crippen LogP contribution in [0.4, 0.5) is 0 Å². The first-order chi connectivity index (χ1) is 10.6. The van der Waals surface area contributed by atoms with Crippen molar-refractivity contribution in [2.75, 3.05) is 26.7 Å². The summed E-state index contributed by atoms with van der Waals surface area (Å²) < 4.78 is 0.990. The second kappa shape index (κ2) is 6.63. The summed E-state index contributed by atoms with van der Waals surface area (Å²) in [5.74, 6) is 0.113. The number of rotatable bonds is 2. The van der Waals surface area contributed by atoms with Crippen LogP contribution >= 0.6 is 15.9 Å². The SMILES string of the molecule is CN1CCN(C(=O)c2ccc(Br)cc2)CC1c1ccccc1. The molecular weight excluding hydrogens is 340 g/mol. The van der Waals surface area contributed by atoms with Crippen LogP contribution in [-0.2, 0) is 0 Å². The molecule has 3 rings (SSSR count). The molecule has 0 bridgehead atoms. The summed E-state index contributed by atoms with van der Waals surface area (Å²) >= 11 is 3.41. The van der Waals surface area contributed by atoms with Crippen molar-refractivity contribution in [3.05, 3.63) is 70.2 Å². The van der Waals surface area contributed by atoms with E-state index in [1.54, 1.807) is 0 Å². The van der Waals surface area contributed by atoms with Crippen molar-refractivity contribution < 1.29 is 4.79 Å². The predicted molar refractivity (Wildman–Crippen MR) is 91.9 cm³/mol. The lowest BCUT2D eigenvalue weighted by Gasteiger charge is -2.39. The Morgan fingerprint density at radius 3 is 2.41 bits per heavy atom.